The predicted molar refractivity (Wildman–Crippen MR) is 85.5 cm³/mol. The molecule has 0 N–H and O–H groups in total. The van der Waals surface area contributed by atoms with Crippen molar-refractivity contribution in [1.29, 1.82) is 0 Å². The summed E-state index contributed by atoms with van der Waals surface area (Å²) < 4.78 is 50.5. The molecule has 1 fully saturated rings. The number of alkyl halides is 3. The van der Waals surface area contributed by atoms with Gasteiger partial charge in [-0.15, -0.1) is 0 Å². The molecule has 3 rings (SSSR count). The summed E-state index contributed by atoms with van der Waals surface area (Å²) >= 11 is 0. The van der Waals surface area contributed by atoms with Crippen molar-refractivity contribution in [3.05, 3.63) is 48.0 Å². The Balaban J connectivity index is 2.02. The summed E-state index contributed by atoms with van der Waals surface area (Å²) in [5.41, 5.74) is -1.47. The van der Waals surface area contributed by atoms with E-state index in [2.05, 4.69) is 10.1 Å². The Morgan fingerprint density at radius 2 is 2.04 bits per heavy atom. The van der Waals surface area contributed by atoms with Crippen molar-refractivity contribution in [3.63, 3.8) is 0 Å². The predicted octanol–water partition coefficient (Wildman–Crippen LogP) is 2.87. The molecule has 6 nitrogen and oxygen atoms in total. The molecule has 1 saturated heterocycles. The minimum Gasteiger partial charge on any atom is -0.354 e. The first-order valence-corrected chi connectivity index (χ1v) is 7.74. The number of ketones is 1. The molecule has 2 aromatic rings. The van der Waals surface area contributed by atoms with Crippen LogP contribution in [-0.4, -0.2) is 40.6 Å². The van der Waals surface area contributed by atoms with Crippen molar-refractivity contribution in [2.75, 3.05) is 20.0 Å². The number of nitrogens with zero attached hydrogens (tertiary/aromatic N) is 3. The SMILES string of the molecule is CC1(C(=O)C(=Cc2cccc(C(F)(F)F)c2)n2cncn2)COCOC1. The van der Waals surface area contributed by atoms with Gasteiger partial charge in [0, 0.05) is 0 Å². The zero-order valence-corrected chi connectivity index (χ0v) is 13.9. The maximum atomic E-state index is 13.1. The number of hydrogen-bond acceptors (Lipinski definition) is 5. The van der Waals surface area contributed by atoms with E-state index in [1.807, 2.05) is 0 Å². The van der Waals surface area contributed by atoms with Crippen LogP contribution in [0.15, 0.2) is 36.9 Å². The standard InChI is InChI=1S/C17H16F3N3O3/c1-16(7-25-11-26-8-16)15(24)14(23-10-21-9-22-23)6-12-3-2-4-13(5-12)17(18,19)20/h2-6,9-10H,7-8,11H2,1H3. The van der Waals surface area contributed by atoms with E-state index in [-0.39, 0.29) is 37.1 Å². The lowest BCUT2D eigenvalue weighted by molar-refractivity contribution is -0.168. The zero-order chi connectivity index (χ0) is 18.8. The Morgan fingerprint density at radius 1 is 1.31 bits per heavy atom. The summed E-state index contributed by atoms with van der Waals surface area (Å²) in [6.45, 7) is 2.05. The van der Waals surface area contributed by atoms with E-state index in [4.69, 9.17) is 9.47 Å². The van der Waals surface area contributed by atoms with Crippen LogP contribution < -0.4 is 0 Å². The van der Waals surface area contributed by atoms with E-state index in [0.29, 0.717) is 0 Å². The minimum absolute atomic E-state index is 0.0819. The van der Waals surface area contributed by atoms with Crippen molar-refractivity contribution in [3.8, 4) is 0 Å². The number of rotatable bonds is 4. The van der Waals surface area contributed by atoms with Crippen molar-refractivity contribution in [2.24, 2.45) is 5.41 Å². The van der Waals surface area contributed by atoms with Crippen LogP contribution in [0, 0.1) is 5.41 Å². The van der Waals surface area contributed by atoms with Gasteiger partial charge in [0.1, 0.15) is 25.1 Å². The summed E-state index contributed by atoms with van der Waals surface area (Å²) in [6, 6.07) is 4.71. The first-order valence-electron chi connectivity index (χ1n) is 7.74. The lowest BCUT2D eigenvalue weighted by atomic mass is 9.84. The van der Waals surface area contributed by atoms with E-state index in [1.165, 1.54) is 35.5 Å². The number of carbonyl (C=O) groups excluding carboxylic acids is 1. The van der Waals surface area contributed by atoms with Gasteiger partial charge in [-0.2, -0.15) is 18.3 Å². The number of halogens is 3. The topological polar surface area (TPSA) is 66.2 Å². The van der Waals surface area contributed by atoms with Crippen molar-refractivity contribution in [2.45, 2.75) is 13.1 Å². The highest BCUT2D eigenvalue weighted by Gasteiger charge is 2.39. The van der Waals surface area contributed by atoms with Gasteiger partial charge in [0.2, 0.25) is 0 Å². The van der Waals surface area contributed by atoms with E-state index in [1.54, 1.807) is 6.92 Å². The number of carbonyl (C=O) groups is 1. The molecule has 0 spiro atoms. The molecular formula is C17H16F3N3O3. The molecule has 138 valence electrons. The van der Waals surface area contributed by atoms with Gasteiger partial charge in [-0.1, -0.05) is 12.1 Å². The Hall–Kier alpha value is -2.52. The second kappa shape index (κ2) is 7.00. The van der Waals surface area contributed by atoms with Gasteiger partial charge in [-0.25, -0.2) is 9.67 Å². The van der Waals surface area contributed by atoms with Gasteiger partial charge in [0.05, 0.1) is 24.2 Å². The fourth-order valence-electron chi connectivity index (χ4n) is 2.61. The highest BCUT2D eigenvalue weighted by Crippen LogP contribution is 2.32. The van der Waals surface area contributed by atoms with Crippen molar-refractivity contribution in [1.82, 2.24) is 14.8 Å². The van der Waals surface area contributed by atoms with Crippen LogP contribution in [0.5, 0.6) is 0 Å². The molecule has 1 aromatic heterocycles. The van der Waals surface area contributed by atoms with E-state index >= 15 is 0 Å². The number of aromatic nitrogens is 3. The highest BCUT2D eigenvalue weighted by molar-refractivity contribution is 6.22. The molecule has 0 aliphatic carbocycles. The Kier molecular flexibility index (Phi) is 4.92. The van der Waals surface area contributed by atoms with Crippen molar-refractivity contribution >= 4 is 17.6 Å². The quantitative estimate of drug-likeness (QED) is 0.778. The molecule has 0 saturated carbocycles. The van der Waals surface area contributed by atoms with Crippen LogP contribution in [-0.2, 0) is 20.4 Å². The summed E-state index contributed by atoms with van der Waals surface area (Å²) in [5.74, 6) is -0.361. The normalized spacial score (nSPS) is 17.9. The Bertz CT molecular complexity index is 810. The summed E-state index contributed by atoms with van der Waals surface area (Å²) in [5, 5.41) is 3.94. The van der Waals surface area contributed by atoms with E-state index in [9.17, 15) is 18.0 Å². The van der Waals surface area contributed by atoms with Crippen LogP contribution in [0.2, 0.25) is 0 Å². The second-order valence-electron chi connectivity index (χ2n) is 6.20. The zero-order valence-electron chi connectivity index (χ0n) is 13.9. The average molecular weight is 367 g/mol. The lowest BCUT2D eigenvalue weighted by Gasteiger charge is -2.32. The molecule has 2 heterocycles. The monoisotopic (exact) mass is 367 g/mol. The number of benzene rings is 1. The molecule has 0 atom stereocenters. The molecular weight excluding hydrogens is 351 g/mol. The Morgan fingerprint density at radius 3 is 2.65 bits per heavy atom. The van der Waals surface area contributed by atoms with Gasteiger partial charge >= 0.3 is 6.18 Å². The molecule has 0 amide bonds. The number of Topliss-reactive ketones (excluding diaryl/α,β-unsaturated/α-hetero) is 1. The largest absolute Gasteiger partial charge is 0.416 e. The third-order valence-electron chi connectivity index (χ3n) is 3.97. The van der Waals surface area contributed by atoms with Gasteiger partial charge < -0.3 is 9.47 Å². The fourth-order valence-corrected chi connectivity index (χ4v) is 2.61. The fraction of sp³-hybridized carbons (Fsp3) is 0.353. The molecule has 1 aromatic carbocycles. The molecule has 26 heavy (non-hydrogen) atoms. The van der Waals surface area contributed by atoms with Crippen LogP contribution in [0.4, 0.5) is 13.2 Å². The summed E-state index contributed by atoms with van der Waals surface area (Å²) in [7, 11) is 0. The van der Waals surface area contributed by atoms with Crippen LogP contribution in [0.1, 0.15) is 18.1 Å². The van der Waals surface area contributed by atoms with E-state index < -0.39 is 17.2 Å². The smallest absolute Gasteiger partial charge is 0.354 e. The number of ether oxygens (including phenoxy) is 2. The van der Waals surface area contributed by atoms with Crippen LogP contribution >= 0.6 is 0 Å². The van der Waals surface area contributed by atoms with Crippen LogP contribution in [0.25, 0.3) is 11.8 Å². The second-order valence-corrected chi connectivity index (χ2v) is 6.20. The third-order valence-corrected chi connectivity index (χ3v) is 3.97. The Labute approximate surface area is 147 Å². The summed E-state index contributed by atoms with van der Waals surface area (Å²) in [4.78, 5) is 16.9. The lowest BCUT2D eigenvalue weighted by Crippen LogP contribution is -2.42. The molecule has 0 radical (unpaired) electrons. The minimum atomic E-state index is -4.47. The van der Waals surface area contributed by atoms with Gasteiger partial charge in [0.25, 0.3) is 0 Å². The van der Waals surface area contributed by atoms with Gasteiger partial charge in [-0.05, 0) is 30.7 Å². The number of hydrogen-bond donors (Lipinski definition) is 0. The number of allylic oxidation sites excluding steroid dienone is 1. The average Bonchev–Trinajstić information content (AvgIpc) is 3.13. The molecule has 0 unspecified atom stereocenters. The van der Waals surface area contributed by atoms with Crippen LogP contribution in [0.3, 0.4) is 0 Å². The molecule has 0 bridgehead atoms. The summed E-state index contributed by atoms with van der Waals surface area (Å²) in [6.07, 6.45) is -0.570. The maximum absolute atomic E-state index is 13.1. The molecule has 1 aliphatic rings. The van der Waals surface area contributed by atoms with Crippen molar-refractivity contribution < 1.29 is 27.4 Å². The van der Waals surface area contributed by atoms with Gasteiger partial charge in [0.15, 0.2) is 5.78 Å². The van der Waals surface area contributed by atoms with E-state index in [0.717, 1.165) is 12.1 Å². The maximum Gasteiger partial charge on any atom is 0.416 e. The molecule has 9 heteroatoms. The highest BCUT2D eigenvalue weighted by atomic mass is 19.4. The first kappa shape index (κ1) is 18.3. The first-order chi connectivity index (χ1) is 12.3. The van der Waals surface area contributed by atoms with Gasteiger partial charge in [-0.3, -0.25) is 4.79 Å². The molecule has 1 aliphatic heterocycles. The third kappa shape index (κ3) is 3.83.